The number of methoxy groups -OCH3 is 2. The molecule has 372 valence electrons. The Morgan fingerprint density at radius 2 is 0.958 bits per heavy atom. The lowest BCUT2D eigenvalue weighted by Crippen LogP contribution is -2.45. The lowest BCUT2D eigenvalue weighted by molar-refractivity contribution is -0.116. The third-order valence-electron chi connectivity index (χ3n) is 10.3. The number of alkyl halides is 6. The van der Waals surface area contributed by atoms with E-state index in [1.807, 2.05) is 0 Å². The smallest absolute Gasteiger partial charge is 0.405 e. The number of fused-ring (bicyclic) bond motifs is 2. The zero-order valence-corrected chi connectivity index (χ0v) is 38.0. The summed E-state index contributed by atoms with van der Waals surface area (Å²) in [5, 5.41) is 15.9. The van der Waals surface area contributed by atoms with Gasteiger partial charge in [0.2, 0.25) is 11.9 Å². The number of aromatic nitrogens is 4. The van der Waals surface area contributed by atoms with Gasteiger partial charge in [0.25, 0.3) is 5.91 Å². The van der Waals surface area contributed by atoms with Gasteiger partial charge in [0.15, 0.2) is 11.6 Å². The summed E-state index contributed by atoms with van der Waals surface area (Å²) in [5.41, 5.74) is 7.68. The Hall–Kier alpha value is -8.74. The predicted octanol–water partition coefficient (Wildman–Crippen LogP) is 8.11. The minimum absolute atomic E-state index is 0.00987. The van der Waals surface area contributed by atoms with E-state index in [1.165, 1.54) is 96.7 Å². The minimum atomic E-state index is -4.48. The summed E-state index contributed by atoms with van der Waals surface area (Å²) in [6.45, 7) is -2.49. The lowest BCUT2D eigenvalue weighted by Gasteiger charge is -2.36. The fourth-order valence-electron chi connectivity index (χ4n) is 6.89. The van der Waals surface area contributed by atoms with E-state index in [1.54, 1.807) is 60.7 Å². The first-order valence-corrected chi connectivity index (χ1v) is 20.9. The number of carbonyl (C=O) groups excluding carboxylic acids is 3. The predicted molar refractivity (Wildman–Crippen MR) is 250 cm³/mol. The molecule has 0 saturated carbocycles. The molecule has 0 saturated heterocycles. The number of halogens is 6. The van der Waals surface area contributed by atoms with E-state index in [4.69, 9.17) is 9.47 Å². The number of carboxylic acid groups (broad SMARTS) is 1. The second kappa shape index (κ2) is 22.1. The number of benzene rings is 4. The number of carboxylic acids is 1. The number of hydrogen-bond acceptors (Lipinski definition) is 13. The van der Waals surface area contributed by atoms with Crippen LogP contribution in [-0.4, -0.2) is 103 Å². The molecule has 2 aliphatic rings. The van der Waals surface area contributed by atoms with E-state index in [-0.39, 0.29) is 53.8 Å². The van der Waals surface area contributed by atoms with Gasteiger partial charge in [-0.2, -0.15) is 36.3 Å². The van der Waals surface area contributed by atoms with Crippen LogP contribution in [0.1, 0.15) is 31.8 Å². The first-order valence-electron chi connectivity index (χ1n) is 20.9. The third kappa shape index (κ3) is 12.5. The van der Waals surface area contributed by atoms with E-state index in [0.717, 1.165) is 0 Å². The largest absolute Gasteiger partial charge is 0.497 e. The Bertz CT molecular complexity index is 2840. The highest BCUT2D eigenvalue weighted by molar-refractivity contribution is 6.11. The molecule has 2 aliphatic heterocycles. The van der Waals surface area contributed by atoms with Crippen molar-refractivity contribution in [3.63, 3.8) is 0 Å². The second-order valence-electron chi connectivity index (χ2n) is 14.8. The highest BCUT2D eigenvalue weighted by Crippen LogP contribution is 2.38. The number of urea groups is 2. The van der Waals surface area contributed by atoms with Gasteiger partial charge in [-0.05, 0) is 104 Å². The van der Waals surface area contributed by atoms with Crippen molar-refractivity contribution in [3.8, 4) is 11.5 Å². The van der Waals surface area contributed by atoms with Crippen LogP contribution in [0, 0.1) is 0 Å². The van der Waals surface area contributed by atoms with Crippen LogP contribution in [0.15, 0.2) is 109 Å². The number of ether oxygens (including phenoxy) is 2. The van der Waals surface area contributed by atoms with Gasteiger partial charge in [-0.1, -0.05) is 0 Å². The molecule has 0 radical (unpaired) electrons. The number of nitrogens with zero attached hydrogens (tertiary/aromatic N) is 8. The summed E-state index contributed by atoms with van der Waals surface area (Å²) in [7, 11) is 6.05. The van der Waals surface area contributed by atoms with Crippen molar-refractivity contribution >= 4 is 70.2 Å². The van der Waals surface area contributed by atoms with E-state index in [0.29, 0.717) is 45.3 Å². The zero-order valence-electron chi connectivity index (χ0n) is 38.0. The van der Waals surface area contributed by atoms with Crippen LogP contribution in [-0.2, 0) is 13.1 Å². The Labute approximate surface area is 400 Å². The molecule has 0 atom stereocenters. The molecule has 0 spiro atoms. The molecule has 2 aromatic heterocycles. The summed E-state index contributed by atoms with van der Waals surface area (Å²) >= 11 is 0. The van der Waals surface area contributed by atoms with Crippen molar-refractivity contribution in [2.75, 3.05) is 71.6 Å². The van der Waals surface area contributed by atoms with Crippen molar-refractivity contribution in [1.82, 2.24) is 25.3 Å². The summed E-state index contributed by atoms with van der Waals surface area (Å²) in [6.07, 6.45) is -6.21. The van der Waals surface area contributed by atoms with Crippen molar-refractivity contribution < 1.29 is 60.1 Å². The van der Waals surface area contributed by atoms with Gasteiger partial charge in [0.05, 0.1) is 44.2 Å². The average Bonchev–Trinajstić information content (AvgIpc) is 3.37. The summed E-state index contributed by atoms with van der Waals surface area (Å²) in [6, 6.07) is 24.3. The SMILES string of the molecule is CN.CNC(=O)c1ccc(N2C(=O)N(c3ccc(OC)cc3)Cc3cnc(NCC(F)(F)F)nc32)cc1.COc1ccc(N2Cc3cnc(NCC(F)(F)F)nc3N(c3ccc(C(=O)O)cc3)C2=O)cc1. The highest BCUT2D eigenvalue weighted by atomic mass is 19.4. The molecule has 0 aliphatic carbocycles. The van der Waals surface area contributed by atoms with Crippen LogP contribution in [0.4, 0.5) is 82.2 Å². The third-order valence-corrected chi connectivity index (χ3v) is 10.3. The molecule has 0 bridgehead atoms. The van der Waals surface area contributed by atoms with Crippen LogP contribution >= 0.6 is 0 Å². The van der Waals surface area contributed by atoms with Crippen molar-refractivity contribution in [3.05, 3.63) is 132 Å². The van der Waals surface area contributed by atoms with Gasteiger partial charge in [-0.15, -0.1) is 0 Å². The Morgan fingerprint density at radius 3 is 1.28 bits per heavy atom. The number of rotatable bonds is 12. The molecule has 0 unspecified atom stereocenters. The van der Waals surface area contributed by atoms with Gasteiger partial charge in [-0.25, -0.2) is 34.2 Å². The monoisotopic (exact) mass is 990 g/mol. The lowest BCUT2D eigenvalue weighted by atomic mass is 10.1. The van der Waals surface area contributed by atoms with Crippen LogP contribution in [0.5, 0.6) is 11.5 Å². The Balaban J connectivity index is 0.000000225. The number of anilines is 8. The van der Waals surface area contributed by atoms with Crippen molar-refractivity contribution in [1.29, 1.82) is 0 Å². The first kappa shape index (κ1) is 51.6. The second-order valence-corrected chi connectivity index (χ2v) is 14.8. The maximum atomic E-state index is 13.6. The first-order chi connectivity index (χ1) is 33.9. The summed E-state index contributed by atoms with van der Waals surface area (Å²) in [5.74, 6) is -0.555. The molecule has 6 aromatic rings. The summed E-state index contributed by atoms with van der Waals surface area (Å²) < 4.78 is 86.3. The van der Waals surface area contributed by atoms with E-state index < -0.39 is 43.5 Å². The maximum Gasteiger partial charge on any atom is 0.405 e. The molecular weight excluding hydrogens is 947 g/mol. The molecule has 4 aromatic carbocycles. The molecule has 4 heterocycles. The zero-order chi connectivity index (χ0) is 51.6. The molecule has 6 N–H and O–H groups in total. The number of amides is 5. The molecular formula is C46H44F6N12O7. The molecule has 25 heteroatoms. The molecule has 8 rings (SSSR count). The van der Waals surface area contributed by atoms with Crippen LogP contribution in [0.2, 0.25) is 0 Å². The van der Waals surface area contributed by atoms with Crippen LogP contribution in [0.25, 0.3) is 0 Å². The fraction of sp³-hybridized carbons (Fsp3) is 0.217. The van der Waals surface area contributed by atoms with E-state index in [2.05, 4.69) is 41.6 Å². The van der Waals surface area contributed by atoms with Gasteiger partial charge in [0.1, 0.15) is 24.6 Å². The number of hydrogen-bond donors (Lipinski definition) is 5. The van der Waals surface area contributed by atoms with Gasteiger partial charge < -0.3 is 36.3 Å². The number of nitrogens with one attached hydrogen (secondary N) is 3. The Morgan fingerprint density at radius 1 is 0.606 bits per heavy atom. The normalized spacial score (nSPS) is 13.1. The number of carbonyl (C=O) groups is 4. The molecule has 0 fully saturated rings. The minimum Gasteiger partial charge on any atom is -0.497 e. The molecule has 19 nitrogen and oxygen atoms in total. The quantitative estimate of drug-likeness (QED) is 0.0729. The highest BCUT2D eigenvalue weighted by Gasteiger charge is 2.37. The van der Waals surface area contributed by atoms with E-state index >= 15 is 0 Å². The van der Waals surface area contributed by atoms with Gasteiger partial charge in [-0.3, -0.25) is 14.6 Å². The number of aromatic carboxylic acids is 1. The standard InChI is InChI=1S/C23H21F3N6O3.C22H18F3N5O4.CH5N/c1-27-20(33)14-3-5-17(6-4-14)32-19-15(11-28-21(30-19)29-13-23(24,25)26)12-31(22(32)34)16-7-9-18(35-2)10-8-16;1-34-17-8-6-15(7-9-17)29-11-14-10-26-20(27-12-22(23,24)25)28-18(14)30(21(29)33)16-4-2-13(3-5-16)19(31)32;1-2/h3-11H,12-13H2,1-2H3,(H,27,33)(H,28,29,30);2-10H,11-12H2,1H3,(H,31,32)(H,26,27,28);2H2,1H3. The molecule has 71 heavy (non-hydrogen) atoms. The fourth-order valence-corrected chi connectivity index (χ4v) is 6.89. The Kier molecular flexibility index (Phi) is 16.1. The average molecular weight is 991 g/mol. The maximum absolute atomic E-state index is 13.6. The van der Waals surface area contributed by atoms with Crippen molar-refractivity contribution in [2.45, 2.75) is 25.4 Å². The topological polar surface area (TPSA) is 234 Å². The van der Waals surface area contributed by atoms with Crippen LogP contribution in [0.3, 0.4) is 0 Å². The van der Waals surface area contributed by atoms with Crippen molar-refractivity contribution in [2.24, 2.45) is 5.73 Å². The van der Waals surface area contributed by atoms with E-state index in [9.17, 15) is 50.6 Å². The molecule has 5 amide bonds. The van der Waals surface area contributed by atoms with Gasteiger partial charge in [0, 0.05) is 47.5 Å². The van der Waals surface area contributed by atoms with Crippen LogP contribution < -0.4 is 50.8 Å². The van der Waals surface area contributed by atoms with Gasteiger partial charge >= 0.3 is 30.4 Å². The number of nitrogens with two attached hydrogens (primary N) is 1. The summed E-state index contributed by atoms with van der Waals surface area (Å²) in [4.78, 5) is 72.0.